The van der Waals surface area contributed by atoms with Crippen LogP contribution in [-0.4, -0.2) is 51.6 Å². The van der Waals surface area contributed by atoms with Crippen molar-refractivity contribution in [3.05, 3.63) is 54.1 Å². The Morgan fingerprint density at radius 1 is 1.28 bits per heavy atom. The number of nitrogens with zero attached hydrogens (tertiary/aromatic N) is 4. The van der Waals surface area contributed by atoms with Crippen molar-refractivity contribution in [3.63, 3.8) is 0 Å². The minimum atomic E-state index is 0.0684. The van der Waals surface area contributed by atoms with Crippen LogP contribution in [0.15, 0.2) is 42.9 Å². The van der Waals surface area contributed by atoms with Crippen LogP contribution in [0, 0.1) is 0 Å². The molecule has 0 aliphatic carbocycles. The van der Waals surface area contributed by atoms with Gasteiger partial charge in [-0.1, -0.05) is 6.07 Å². The number of hydrogen-bond acceptors (Lipinski definition) is 3. The van der Waals surface area contributed by atoms with Gasteiger partial charge < -0.3 is 19.7 Å². The molecule has 1 saturated heterocycles. The van der Waals surface area contributed by atoms with E-state index in [1.54, 1.807) is 0 Å². The van der Waals surface area contributed by atoms with Crippen LogP contribution in [-0.2, 0) is 0 Å². The molecular formula is C19H27N5S. The largest absolute Gasteiger partial charge is 0.352 e. The fourth-order valence-electron chi connectivity index (χ4n) is 3.24. The maximum atomic E-state index is 5.67. The molecule has 0 saturated carbocycles. The number of likely N-dealkylation sites (N-methyl/N-ethyl adjacent to an activating group) is 1. The Kier molecular flexibility index (Phi) is 5.39. The molecule has 3 rings (SSSR count). The molecule has 1 aliphatic rings. The predicted molar refractivity (Wildman–Crippen MR) is 106 cm³/mol. The molecule has 2 aromatic heterocycles. The van der Waals surface area contributed by atoms with Gasteiger partial charge in [-0.25, -0.2) is 0 Å². The van der Waals surface area contributed by atoms with E-state index in [-0.39, 0.29) is 12.1 Å². The Morgan fingerprint density at radius 2 is 2.08 bits per heavy atom. The molecular weight excluding hydrogens is 330 g/mol. The summed E-state index contributed by atoms with van der Waals surface area (Å²) in [4.78, 5) is 9.06. The Balaban J connectivity index is 1.95. The predicted octanol–water partition coefficient (Wildman–Crippen LogP) is 3.00. The highest BCUT2D eigenvalue weighted by Gasteiger charge is 2.39. The monoisotopic (exact) mass is 357 g/mol. The van der Waals surface area contributed by atoms with Crippen molar-refractivity contribution in [3.8, 4) is 0 Å². The molecule has 2 aromatic rings. The van der Waals surface area contributed by atoms with Crippen molar-refractivity contribution in [2.24, 2.45) is 0 Å². The fraction of sp³-hybridized carbons (Fsp3) is 0.474. The maximum Gasteiger partial charge on any atom is 0.170 e. The minimum Gasteiger partial charge on any atom is -0.352 e. The molecule has 0 unspecified atom stereocenters. The second-order valence-corrected chi connectivity index (χ2v) is 7.50. The number of aromatic nitrogens is 2. The Hall–Kier alpha value is -1.92. The first-order valence-corrected chi connectivity index (χ1v) is 9.18. The Labute approximate surface area is 155 Å². The van der Waals surface area contributed by atoms with E-state index in [1.807, 2.05) is 18.3 Å². The second kappa shape index (κ2) is 7.54. The van der Waals surface area contributed by atoms with Crippen LogP contribution in [0.4, 0.5) is 0 Å². The molecule has 5 nitrogen and oxygen atoms in total. The summed E-state index contributed by atoms with van der Waals surface area (Å²) in [6.07, 6.45) is 6.24. The lowest BCUT2D eigenvalue weighted by atomic mass is 9.99. The van der Waals surface area contributed by atoms with E-state index in [9.17, 15) is 0 Å². The second-order valence-electron chi connectivity index (χ2n) is 7.11. The zero-order valence-corrected chi connectivity index (χ0v) is 16.2. The third kappa shape index (κ3) is 3.85. The quantitative estimate of drug-likeness (QED) is 0.804. The van der Waals surface area contributed by atoms with Gasteiger partial charge in [-0.05, 0) is 63.9 Å². The lowest BCUT2D eigenvalue weighted by molar-refractivity contribution is 0.277. The molecule has 1 fully saturated rings. The molecule has 0 bridgehead atoms. The van der Waals surface area contributed by atoms with E-state index < -0.39 is 0 Å². The number of rotatable bonds is 6. The van der Waals surface area contributed by atoms with Gasteiger partial charge in [0, 0.05) is 37.7 Å². The van der Waals surface area contributed by atoms with Crippen molar-refractivity contribution in [1.29, 1.82) is 0 Å². The van der Waals surface area contributed by atoms with Gasteiger partial charge in [0.1, 0.15) is 0 Å². The molecule has 1 N–H and O–H groups in total. The van der Waals surface area contributed by atoms with E-state index in [1.165, 1.54) is 5.56 Å². The summed E-state index contributed by atoms with van der Waals surface area (Å²) in [6, 6.07) is 8.93. The Morgan fingerprint density at radius 3 is 2.68 bits per heavy atom. The summed E-state index contributed by atoms with van der Waals surface area (Å²) in [5.74, 6) is 0. The van der Waals surface area contributed by atoms with Crippen molar-refractivity contribution >= 4 is 17.3 Å². The standard InChI is InChI=1S/C19H27N5S/c1-14(2)23-10-8-15(13-23)18-17(16-7-5-6-9-20-16)21-19(25)24(18)12-11-22(3)4/h5-10,13-14,17-18H,11-12H2,1-4H3,(H,21,25)/t17-,18-/m1/s1. The smallest absolute Gasteiger partial charge is 0.170 e. The average molecular weight is 358 g/mol. The van der Waals surface area contributed by atoms with Gasteiger partial charge in [-0.15, -0.1) is 0 Å². The third-order valence-corrected chi connectivity index (χ3v) is 5.01. The highest BCUT2D eigenvalue weighted by molar-refractivity contribution is 7.80. The molecule has 6 heteroatoms. The lowest BCUT2D eigenvalue weighted by Gasteiger charge is -2.28. The van der Waals surface area contributed by atoms with Crippen molar-refractivity contribution < 1.29 is 0 Å². The zero-order chi connectivity index (χ0) is 18.0. The van der Waals surface area contributed by atoms with Gasteiger partial charge in [0.2, 0.25) is 0 Å². The summed E-state index contributed by atoms with van der Waals surface area (Å²) in [5.41, 5.74) is 2.30. The molecule has 1 aliphatic heterocycles. The number of pyridine rings is 1. The zero-order valence-electron chi connectivity index (χ0n) is 15.4. The highest BCUT2D eigenvalue weighted by Crippen LogP contribution is 2.38. The van der Waals surface area contributed by atoms with Crippen LogP contribution in [0.25, 0.3) is 0 Å². The average Bonchev–Trinajstić information content (AvgIpc) is 3.18. The van der Waals surface area contributed by atoms with Crippen LogP contribution in [0.3, 0.4) is 0 Å². The molecule has 0 amide bonds. The summed E-state index contributed by atoms with van der Waals surface area (Å²) in [6.45, 7) is 6.24. The Bertz CT molecular complexity index is 710. The van der Waals surface area contributed by atoms with Crippen LogP contribution in [0.1, 0.15) is 43.2 Å². The first-order valence-electron chi connectivity index (χ1n) is 8.77. The van der Waals surface area contributed by atoms with Crippen molar-refractivity contribution in [2.45, 2.75) is 32.0 Å². The van der Waals surface area contributed by atoms with Crippen LogP contribution in [0.2, 0.25) is 0 Å². The fourth-order valence-corrected chi connectivity index (χ4v) is 3.58. The van der Waals surface area contributed by atoms with Gasteiger partial charge in [0.25, 0.3) is 0 Å². The van der Waals surface area contributed by atoms with E-state index in [4.69, 9.17) is 12.2 Å². The molecule has 25 heavy (non-hydrogen) atoms. The topological polar surface area (TPSA) is 36.3 Å². The molecule has 0 radical (unpaired) electrons. The molecule has 0 aromatic carbocycles. The molecule has 3 heterocycles. The van der Waals surface area contributed by atoms with Crippen LogP contribution >= 0.6 is 12.2 Å². The summed E-state index contributed by atoms with van der Waals surface area (Å²) in [5, 5.41) is 4.30. The summed E-state index contributed by atoms with van der Waals surface area (Å²) < 4.78 is 2.25. The summed E-state index contributed by atoms with van der Waals surface area (Å²) >= 11 is 5.67. The maximum absolute atomic E-state index is 5.67. The van der Waals surface area contributed by atoms with Gasteiger partial charge in [-0.3, -0.25) is 4.98 Å². The van der Waals surface area contributed by atoms with E-state index in [2.05, 4.69) is 77.1 Å². The van der Waals surface area contributed by atoms with Crippen LogP contribution < -0.4 is 5.32 Å². The van der Waals surface area contributed by atoms with Gasteiger partial charge in [0.05, 0.1) is 17.8 Å². The molecule has 0 spiro atoms. The van der Waals surface area contributed by atoms with E-state index >= 15 is 0 Å². The molecule has 2 atom stereocenters. The van der Waals surface area contributed by atoms with Crippen molar-refractivity contribution in [2.75, 3.05) is 27.2 Å². The van der Waals surface area contributed by atoms with Crippen LogP contribution in [0.5, 0.6) is 0 Å². The molecule has 134 valence electrons. The third-order valence-electron chi connectivity index (χ3n) is 4.66. The summed E-state index contributed by atoms with van der Waals surface area (Å²) in [7, 11) is 4.18. The SMILES string of the molecule is CC(C)n1ccc([C@@H]2[C@@H](c3ccccn3)NC(=S)N2CCN(C)C)c1. The first kappa shape index (κ1) is 17.9. The lowest BCUT2D eigenvalue weighted by Crippen LogP contribution is -2.35. The van der Waals surface area contributed by atoms with E-state index in [0.29, 0.717) is 6.04 Å². The number of thiocarbonyl (C=S) groups is 1. The van der Waals surface area contributed by atoms with Gasteiger partial charge >= 0.3 is 0 Å². The normalized spacial score (nSPS) is 20.6. The minimum absolute atomic E-state index is 0.0684. The van der Waals surface area contributed by atoms with Gasteiger partial charge in [-0.2, -0.15) is 0 Å². The van der Waals surface area contributed by atoms with Crippen molar-refractivity contribution in [1.82, 2.24) is 24.7 Å². The number of hydrogen-bond donors (Lipinski definition) is 1. The van der Waals surface area contributed by atoms with Gasteiger partial charge in [0.15, 0.2) is 5.11 Å². The van der Waals surface area contributed by atoms with E-state index in [0.717, 1.165) is 23.9 Å². The first-order chi connectivity index (χ1) is 12.0. The highest BCUT2D eigenvalue weighted by atomic mass is 32.1. The number of nitrogens with one attached hydrogen (secondary N) is 1.